The lowest BCUT2D eigenvalue weighted by atomic mass is 10.0. The van der Waals surface area contributed by atoms with Crippen LogP contribution in [0.3, 0.4) is 0 Å². The smallest absolute Gasteiger partial charge is 0.115 e. The van der Waals surface area contributed by atoms with Crippen molar-refractivity contribution in [1.82, 2.24) is 4.90 Å². The number of hydrogen-bond acceptors (Lipinski definition) is 2. The first-order valence-corrected chi connectivity index (χ1v) is 6.39. The van der Waals surface area contributed by atoms with Gasteiger partial charge in [-0.2, -0.15) is 0 Å². The van der Waals surface area contributed by atoms with E-state index >= 15 is 0 Å². The molecule has 0 aromatic heterocycles. The summed E-state index contributed by atoms with van der Waals surface area (Å²) in [7, 11) is 0. The molecule has 2 aliphatic heterocycles. The van der Waals surface area contributed by atoms with E-state index in [0.29, 0.717) is 11.8 Å². The molecule has 0 saturated carbocycles. The molecule has 86 valence electrons. The molecule has 2 nitrogen and oxygen atoms in total. The highest BCUT2D eigenvalue weighted by molar-refractivity contribution is 5.28. The summed E-state index contributed by atoms with van der Waals surface area (Å²) >= 11 is 0. The fraction of sp³-hybridized carbons (Fsp3) is 0.571. The quantitative estimate of drug-likeness (QED) is 0.781. The van der Waals surface area contributed by atoms with Crippen LogP contribution in [0.15, 0.2) is 24.3 Å². The molecule has 2 heterocycles. The number of aromatic hydroxyl groups is 1. The Morgan fingerprint density at radius 3 is 2.62 bits per heavy atom. The molecule has 0 amide bonds. The Hall–Kier alpha value is -1.02. The van der Waals surface area contributed by atoms with Gasteiger partial charge in [-0.05, 0) is 49.9 Å². The minimum atomic E-state index is 0.372. The molecular weight excluding hydrogens is 198 g/mol. The van der Waals surface area contributed by atoms with Gasteiger partial charge in [-0.15, -0.1) is 0 Å². The molecular formula is C14H19NO. The van der Waals surface area contributed by atoms with Crippen molar-refractivity contribution in [2.45, 2.75) is 44.2 Å². The van der Waals surface area contributed by atoms with Gasteiger partial charge in [0.05, 0.1) is 0 Å². The second kappa shape index (κ2) is 4.10. The number of phenolic OH excluding ortho intramolecular Hbond substituents is 1. The van der Waals surface area contributed by atoms with Gasteiger partial charge in [-0.25, -0.2) is 0 Å². The molecule has 0 radical (unpaired) electrons. The first kappa shape index (κ1) is 10.2. The topological polar surface area (TPSA) is 23.5 Å². The van der Waals surface area contributed by atoms with Crippen LogP contribution < -0.4 is 0 Å². The Balaban J connectivity index is 1.82. The normalized spacial score (nSPS) is 30.2. The highest BCUT2D eigenvalue weighted by atomic mass is 16.3. The Morgan fingerprint density at radius 2 is 1.81 bits per heavy atom. The third-order valence-corrected chi connectivity index (χ3v) is 4.12. The SMILES string of the molecule is Oc1ccc([C@@H]2CC[C@@H]3CCCCN32)cc1. The maximum Gasteiger partial charge on any atom is 0.115 e. The summed E-state index contributed by atoms with van der Waals surface area (Å²) in [6, 6.07) is 9.21. The minimum absolute atomic E-state index is 0.372. The average Bonchev–Trinajstić information content (AvgIpc) is 2.74. The molecule has 2 heteroatoms. The van der Waals surface area contributed by atoms with Crippen LogP contribution in [0.4, 0.5) is 0 Å². The zero-order valence-electron chi connectivity index (χ0n) is 9.60. The van der Waals surface area contributed by atoms with Crippen LogP contribution in [-0.2, 0) is 0 Å². The molecule has 1 N–H and O–H groups in total. The minimum Gasteiger partial charge on any atom is -0.508 e. The maximum absolute atomic E-state index is 9.32. The van der Waals surface area contributed by atoms with E-state index in [1.165, 1.54) is 44.2 Å². The molecule has 2 saturated heterocycles. The molecule has 3 rings (SSSR count). The molecule has 16 heavy (non-hydrogen) atoms. The Morgan fingerprint density at radius 1 is 1.00 bits per heavy atom. The first-order valence-electron chi connectivity index (χ1n) is 6.39. The summed E-state index contributed by atoms with van der Waals surface area (Å²) < 4.78 is 0. The first-order chi connectivity index (χ1) is 7.84. The lowest BCUT2D eigenvalue weighted by Gasteiger charge is -2.34. The van der Waals surface area contributed by atoms with Gasteiger partial charge in [0.25, 0.3) is 0 Å². The number of rotatable bonds is 1. The van der Waals surface area contributed by atoms with E-state index in [9.17, 15) is 5.11 Å². The van der Waals surface area contributed by atoms with Crippen LogP contribution in [0, 0.1) is 0 Å². The second-order valence-electron chi connectivity index (χ2n) is 5.07. The molecule has 1 aromatic rings. The zero-order valence-corrected chi connectivity index (χ0v) is 9.60. The molecule has 2 aliphatic rings. The Kier molecular flexibility index (Phi) is 2.60. The number of benzene rings is 1. The van der Waals surface area contributed by atoms with E-state index in [1.807, 2.05) is 12.1 Å². The van der Waals surface area contributed by atoms with Gasteiger partial charge in [-0.1, -0.05) is 18.6 Å². The zero-order chi connectivity index (χ0) is 11.0. The number of piperidine rings is 1. The summed E-state index contributed by atoms with van der Waals surface area (Å²) in [5.74, 6) is 0.372. The van der Waals surface area contributed by atoms with Crippen molar-refractivity contribution >= 4 is 0 Å². The Labute approximate surface area is 96.9 Å². The molecule has 2 atom stereocenters. The van der Waals surface area contributed by atoms with E-state index in [4.69, 9.17) is 0 Å². The highest BCUT2D eigenvalue weighted by Gasteiger charge is 2.35. The monoisotopic (exact) mass is 217 g/mol. The van der Waals surface area contributed by atoms with Gasteiger partial charge in [0, 0.05) is 12.1 Å². The molecule has 0 spiro atoms. The van der Waals surface area contributed by atoms with E-state index in [1.54, 1.807) is 0 Å². The van der Waals surface area contributed by atoms with Gasteiger partial charge in [0.15, 0.2) is 0 Å². The molecule has 2 fully saturated rings. The predicted octanol–water partition coefficient (Wildman–Crippen LogP) is 3.08. The van der Waals surface area contributed by atoms with Crippen molar-refractivity contribution < 1.29 is 5.11 Å². The van der Waals surface area contributed by atoms with Crippen LogP contribution in [-0.4, -0.2) is 22.6 Å². The lowest BCUT2D eigenvalue weighted by molar-refractivity contribution is 0.150. The van der Waals surface area contributed by atoms with E-state index in [0.717, 1.165) is 6.04 Å². The summed E-state index contributed by atoms with van der Waals surface area (Å²) in [6.07, 6.45) is 6.78. The van der Waals surface area contributed by atoms with E-state index < -0.39 is 0 Å². The number of fused-ring (bicyclic) bond motifs is 1. The maximum atomic E-state index is 9.32. The second-order valence-corrected chi connectivity index (χ2v) is 5.07. The van der Waals surface area contributed by atoms with E-state index in [2.05, 4.69) is 17.0 Å². The highest BCUT2D eigenvalue weighted by Crippen LogP contribution is 2.40. The van der Waals surface area contributed by atoms with Crippen molar-refractivity contribution in [3.05, 3.63) is 29.8 Å². The van der Waals surface area contributed by atoms with Crippen molar-refractivity contribution in [2.24, 2.45) is 0 Å². The standard InChI is InChI=1S/C14H19NO/c16-13-7-4-11(5-8-13)14-9-6-12-3-1-2-10-15(12)14/h4-5,7-8,12,14,16H,1-3,6,9-10H2/t12-,14-/m0/s1. The average molecular weight is 217 g/mol. The molecule has 0 aliphatic carbocycles. The largest absolute Gasteiger partial charge is 0.508 e. The van der Waals surface area contributed by atoms with Gasteiger partial charge >= 0.3 is 0 Å². The molecule has 1 aromatic carbocycles. The van der Waals surface area contributed by atoms with E-state index in [-0.39, 0.29) is 0 Å². The van der Waals surface area contributed by atoms with Crippen molar-refractivity contribution in [3.63, 3.8) is 0 Å². The van der Waals surface area contributed by atoms with Crippen molar-refractivity contribution in [1.29, 1.82) is 0 Å². The van der Waals surface area contributed by atoms with Gasteiger partial charge < -0.3 is 5.11 Å². The van der Waals surface area contributed by atoms with Crippen molar-refractivity contribution in [2.75, 3.05) is 6.54 Å². The fourth-order valence-corrected chi connectivity index (χ4v) is 3.31. The van der Waals surface area contributed by atoms with Gasteiger partial charge in [-0.3, -0.25) is 4.90 Å². The summed E-state index contributed by atoms with van der Waals surface area (Å²) in [5, 5.41) is 9.32. The number of hydrogen-bond donors (Lipinski definition) is 1. The summed E-state index contributed by atoms with van der Waals surface area (Å²) in [4.78, 5) is 2.68. The molecule has 0 bridgehead atoms. The fourth-order valence-electron chi connectivity index (χ4n) is 3.31. The summed E-state index contributed by atoms with van der Waals surface area (Å²) in [6.45, 7) is 1.26. The van der Waals surface area contributed by atoms with Crippen molar-refractivity contribution in [3.8, 4) is 5.75 Å². The van der Waals surface area contributed by atoms with Crippen LogP contribution in [0.2, 0.25) is 0 Å². The van der Waals surface area contributed by atoms with Gasteiger partial charge in [0.2, 0.25) is 0 Å². The van der Waals surface area contributed by atoms with Crippen LogP contribution >= 0.6 is 0 Å². The predicted molar refractivity (Wildman–Crippen MR) is 64.4 cm³/mol. The third-order valence-electron chi connectivity index (χ3n) is 4.12. The van der Waals surface area contributed by atoms with Crippen LogP contribution in [0.25, 0.3) is 0 Å². The van der Waals surface area contributed by atoms with Crippen LogP contribution in [0.5, 0.6) is 5.75 Å². The lowest BCUT2D eigenvalue weighted by Crippen LogP contribution is -2.35. The van der Waals surface area contributed by atoms with Gasteiger partial charge in [0.1, 0.15) is 5.75 Å². The number of phenols is 1. The van der Waals surface area contributed by atoms with Crippen LogP contribution in [0.1, 0.15) is 43.7 Å². The third kappa shape index (κ3) is 1.71. The number of nitrogens with zero attached hydrogens (tertiary/aromatic N) is 1. The molecule has 0 unspecified atom stereocenters. The Bertz CT molecular complexity index is 360. The summed E-state index contributed by atoms with van der Waals surface area (Å²) in [5.41, 5.74) is 1.38.